The zero-order chi connectivity index (χ0) is 22.9. The van der Waals surface area contributed by atoms with E-state index in [-0.39, 0.29) is 26.9 Å². The van der Waals surface area contributed by atoms with Gasteiger partial charge in [-0.2, -0.15) is 0 Å². The summed E-state index contributed by atoms with van der Waals surface area (Å²) in [6.45, 7) is 4.50. The van der Waals surface area contributed by atoms with Crippen LogP contribution in [-0.2, 0) is 24.3 Å². The molecule has 3 aliphatic carbocycles. The summed E-state index contributed by atoms with van der Waals surface area (Å²) >= 11 is 0. The third kappa shape index (κ3) is 7.57. The van der Waals surface area contributed by atoms with E-state index in [0.717, 1.165) is 29.6 Å². The fourth-order valence-corrected chi connectivity index (χ4v) is 9.63. The van der Waals surface area contributed by atoms with Crippen molar-refractivity contribution in [3.63, 3.8) is 0 Å². The molecule has 2 radical (unpaired) electrons. The first kappa shape index (κ1) is 29.9. The van der Waals surface area contributed by atoms with Gasteiger partial charge >= 0.3 is 19.5 Å². The van der Waals surface area contributed by atoms with Crippen LogP contribution in [0.25, 0.3) is 0 Å². The zero-order valence-electron chi connectivity index (χ0n) is 21.1. The normalized spacial score (nSPS) is 23.9. The molecule has 1 nitrogen and oxygen atoms in total. The number of allylic oxidation sites excluding steroid dienone is 4. The summed E-state index contributed by atoms with van der Waals surface area (Å²) in [5.41, 5.74) is 0. The Balaban J connectivity index is 0.00000105. The van der Waals surface area contributed by atoms with Gasteiger partial charge < -0.3 is 19.0 Å². The van der Waals surface area contributed by atoms with Gasteiger partial charge in [-0.3, -0.25) is 0 Å². The zero-order valence-corrected chi connectivity index (χ0v) is 23.7. The third-order valence-corrected chi connectivity index (χ3v) is 11.3. The Labute approximate surface area is 228 Å². The third-order valence-electron chi connectivity index (χ3n) is 8.40. The standard InChI is InChI=1S/C30H37P.CO.CH3.Rh/c1-4-12-24(13-5-1)29(30-21-20-25-14-10-11-19-28(25)30)22-23-31(26-15-6-2-7-16-26)27-17-8-3-9-18-27;1-2;;/h2-3,6-11,14-19,24-25,28-30H,1,4-5,12-13,20-23H2;;1H3;/q;2*-1;+2/p+1. The molecule has 4 unspecified atom stereocenters. The Bertz CT molecular complexity index is 851. The molecule has 5 rings (SSSR count). The Hall–Kier alpha value is -1.36. The smallest absolute Gasteiger partial charge is 0.573 e. The molecule has 0 N–H and O–H groups in total. The van der Waals surface area contributed by atoms with Gasteiger partial charge in [0, 0.05) is 0 Å². The van der Waals surface area contributed by atoms with Crippen molar-refractivity contribution in [1.29, 1.82) is 0 Å². The Kier molecular flexibility index (Phi) is 13.4. The molecule has 0 saturated heterocycles. The van der Waals surface area contributed by atoms with Crippen molar-refractivity contribution in [1.82, 2.24) is 0 Å². The van der Waals surface area contributed by atoms with Gasteiger partial charge in [0.1, 0.15) is 0 Å². The summed E-state index contributed by atoms with van der Waals surface area (Å²) in [7, 11) is -0.722. The molecule has 2 fully saturated rings. The first-order valence-corrected chi connectivity index (χ1v) is 14.6. The van der Waals surface area contributed by atoms with E-state index >= 15 is 0 Å². The summed E-state index contributed by atoms with van der Waals surface area (Å²) in [6.07, 6.45) is 22.7. The van der Waals surface area contributed by atoms with Gasteiger partial charge in [0.05, 0.1) is 24.7 Å². The molecule has 0 aliphatic heterocycles. The predicted molar refractivity (Wildman–Crippen MR) is 150 cm³/mol. The molecular weight excluding hydrogens is 534 g/mol. The van der Waals surface area contributed by atoms with Crippen LogP contribution >= 0.6 is 7.92 Å². The summed E-state index contributed by atoms with van der Waals surface area (Å²) in [5, 5.41) is 3.18. The molecule has 0 spiro atoms. The molecular formula is C32H41OPRh+. The van der Waals surface area contributed by atoms with Crippen molar-refractivity contribution in [2.24, 2.45) is 29.6 Å². The quantitative estimate of drug-likeness (QED) is 0.193. The Morgan fingerprint density at radius 3 is 1.94 bits per heavy atom. The van der Waals surface area contributed by atoms with Crippen LogP contribution in [0, 0.1) is 37.0 Å². The average molecular weight is 576 g/mol. The van der Waals surface area contributed by atoms with Gasteiger partial charge in [0.2, 0.25) is 0 Å². The van der Waals surface area contributed by atoms with Gasteiger partial charge in [-0.05, 0) is 73.1 Å². The average Bonchev–Trinajstić information content (AvgIpc) is 3.33. The van der Waals surface area contributed by atoms with E-state index in [1.165, 1.54) is 57.5 Å². The number of benzene rings is 2. The van der Waals surface area contributed by atoms with E-state index in [2.05, 4.69) is 91.8 Å². The van der Waals surface area contributed by atoms with Crippen molar-refractivity contribution in [2.45, 2.75) is 51.4 Å². The maximum atomic E-state index is 7.50. The Morgan fingerprint density at radius 1 is 0.771 bits per heavy atom. The largest absolute Gasteiger partial charge is 2.00 e. The number of rotatable bonds is 7. The van der Waals surface area contributed by atoms with Crippen LogP contribution in [0.1, 0.15) is 51.4 Å². The van der Waals surface area contributed by atoms with Crippen LogP contribution in [0.3, 0.4) is 0 Å². The minimum absolute atomic E-state index is 0. The van der Waals surface area contributed by atoms with Crippen molar-refractivity contribution in [3.8, 4) is 0 Å². The Morgan fingerprint density at radius 2 is 1.34 bits per heavy atom. The van der Waals surface area contributed by atoms with Crippen LogP contribution in [0.4, 0.5) is 0 Å². The molecule has 0 bridgehead atoms. The molecule has 2 aromatic rings. The van der Waals surface area contributed by atoms with E-state index < -0.39 is 7.92 Å². The van der Waals surface area contributed by atoms with Crippen molar-refractivity contribution >= 4 is 25.3 Å². The molecule has 3 aliphatic rings. The second kappa shape index (κ2) is 15.7. The van der Waals surface area contributed by atoms with Crippen LogP contribution in [0.2, 0.25) is 0 Å². The molecule has 188 valence electrons. The number of hydrogen-bond acceptors (Lipinski definition) is 1. The molecule has 3 heteroatoms. The van der Waals surface area contributed by atoms with Crippen LogP contribution < -0.4 is 10.6 Å². The second-order valence-electron chi connectivity index (χ2n) is 10.1. The fraction of sp³-hybridized carbons (Fsp3) is 0.438. The second-order valence-corrected chi connectivity index (χ2v) is 12.7. The summed E-state index contributed by atoms with van der Waals surface area (Å²) < 4.78 is 0. The maximum Gasteiger partial charge on any atom is 2.00 e. The van der Waals surface area contributed by atoms with Gasteiger partial charge in [-0.15, -0.1) is 0 Å². The number of hydrogen-bond donors (Lipinski definition) is 0. The summed E-state index contributed by atoms with van der Waals surface area (Å²) in [5.74, 6) is 4.41. The minimum atomic E-state index is -0.722. The fourth-order valence-electron chi connectivity index (χ4n) is 6.90. The van der Waals surface area contributed by atoms with E-state index in [9.17, 15) is 0 Å². The van der Waals surface area contributed by atoms with E-state index in [4.69, 9.17) is 4.79 Å². The monoisotopic (exact) mass is 575 g/mol. The molecule has 35 heavy (non-hydrogen) atoms. The van der Waals surface area contributed by atoms with E-state index in [1.54, 1.807) is 10.6 Å². The molecule has 2 aromatic carbocycles. The van der Waals surface area contributed by atoms with Crippen molar-refractivity contribution in [2.75, 3.05) is 6.16 Å². The maximum absolute atomic E-state index is 7.50. The first-order valence-electron chi connectivity index (χ1n) is 12.9. The summed E-state index contributed by atoms with van der Waals surface area (Å²) in [4.78, 5) is 7.50. The summed E-state index contributed by atoms with van der Waals surface area (Å²) in [6, 6.07) is 22.8. The SMILES string of the molecule is C1=CC2CCC(C(CC[PH+](c3ccccc3)c3ccccc3)C3CCCCC3)C2C=C1.[C-]=O.[CH3-].[Rh+2]. The molecule has 4 atom stereocenters. The van der Waals surface area contributed by atoms with Crippen molar-refractivity contribution < 1.29 is 24.3 Å². The molecule has 2 saturated carbocycles. The van der Waals surface area contributed by atoms with Gasteiger partial charge in [0.25, 0.3) is 0 Å². The topological polar surface area (TPSA) is 17.1 Å². The molecule has 0 aromatic heterocycles. The van der Waals surface area contributed by atoms with E-state index in [0.29, 0.717) is 0 Å². The predicted octanol–water partition coefficient (Wildman–Crippen LogP) is 7.26. The van der Waals surface area contributed by atoms with Crippen LogP contribution in [-0.4, -0.2) is 13.0 Å². The first-order chi connectivity index (χ1) is 16.4. The van der Waals surface area contributed by atoms with Crippen LogP contribution in [0.5, 0.6) is 0 Å². The van der Waals surface area contributed by atoms with Crippen LogP contribution in [0.15, 0.2) is 85.0 Å². The number of fused-ring (bicyclic) bond motifs is 1. The van der Waals surface area contributed by atoms with Gasteiger partial charge in [-0.1, -0.05) is 92.8 Å². The van der Waals surface area contributed by atoms with Gasteiger partial charge in [0.15, 0.2) is 0 Å². The minimum Gasteiger partial charge on any atom is -0.573 e. The molecule has 0 heterocycles. The van der Waals surface area contributed by atoms with E-state index in [1.807, 2.05) is 0 Å². The molecule has 0 amide bonds. The van der Waals surface area contributed by atoms with Gasteiger partial charge in [-0.25, -0.2) is 0 Å². The number of carbonyl (C=O) groups excluding carboxylic acids is 1. The van der Waals surface area contributed by atoms with Crippen molar-refractivity contribution in [3.05, 3.63) is 92.4 Å².